The highest BCUT2D eigenvalue weighted by Crippen LogP contribution is 2.24. The molecular formula is C16H20ClN5O. The maximum absolute atomic E-state index is 12.4. The van der Waals surface area contributed by atoms with E-state index in [0.717, 1.165) is 17.9 Å². The molecule has 0 saturated carbocycles. The second-order valence-corrected chi connectivity index (χ2v) is 6.51. The van der Waals surface area contributed by atoms with Gasteiger partial charge >= 0.3 is 6.03 Å². The Labute approximate surface area is 140 Å². The number of nitrogens with one attached hydrogen (secondary N) is 1. The van der Waals surface area contributed by atoms with Gasteiger partial charge in [0, 0.05) is 37.8 Å². The van der Waals surface area contributed by atoms with Crippen molar-refractivity contribution in [3.05, 3.63) is 40.7 Å². The average Bonchev–Trinajstić information content (AvgIpc) is 2.84. The van der Waals surface area contributed by atoms with Crippen molar-refractivity contribution in [1.82, 2.24) is 19.4 Å². The smallest absolute Gasteiger partial charge is 0.322 e. The number of aromatic nitrogens is 3. The van der Waals surface area contributed by atoms with Gasteiger partial charge in [0.15, 0.2) is 0 Å². The molecule has 3 heterocycles. The summed E-state index contributed by atoms with van der Waals surface area (Å²) in [5, 5.41) is 3.33. The lowest BCUT2D eigenvalue weighted by Crippen LogP contribution is -2.39. The van der Waals surface area contributed by atoms with E-state index >= 15 is 0 Å². The molecule has 0 bridgehead atoms. The van der Waals surface area contributed by atoms with Crippen molar-refractivity contribution >= 4 is 23.3 Å². The molecule has 23 heavy (non-hydrogen) atoms. The second kappa shape index (κ2) is 6.20. The van der Waals surface area contributed by atoms with Gasteiger partial charge in [-0.2, -0.15) is 0 Å². The minimum absolute atomic E-state index is 0.156. The van der Waals surface area contributed by atoms with Gasteiger partial charge in [-0.15, -0.1) is 0 Å². The van der Waals surface area contributed by atoms with Crippen molar-refractivity contribution in [3.8, 4) is 0 Å². The summed E-state index contributed by atoms with van der Waals surface area (Å²) in [6, 6.07) is 1.52. The first-order valence-corrected chi connectivity index (χ1v) is 8.04. The van der Waals surface area contributed by atoms with E-state index in [1.807, 2.05) is 0 Å². The number of carbonyl (C=O) groups is 1. The van der Waals surface area contributed by atoms with Gasteiger partial charge in [0.05, 0.1) is 29.1 Å². The van der Waals surface area contributed by atoms with E-state index in [2.05, 4.69) is 35.8 Å². The number of pyridine rings is 1. The summed E-state index contributed by atoms with van der Waals surface area (Å²) < 4.78 is 2.16. The van der Waals surface area contributed by atoms with Crippen molar-refractivity contribution in [1.29, 1.82) is 0 Å². The number of urea groups is 1. The number of hydrogen-bond acceptors (Lipinski definition) is 3. The van der Waals surface area contributed by atoms with Gasteiger partial charge in [0.25, 0.3) is 0 Å². The van der Waals surface area contributed by atoms with E-state index in [1.165, 1.54) is 11.9 Å². The van der Waals surface area contributed by atoms with E-state index in [4.69, 9.17) is 16.6 Å². The quantitative estimate of drug-likeness (QED) is 0.918. The molecule has 0 saturated heterocycles. The van der Waals surface area contributed by atoms with Crippen molar-refractivity contribution < 1.29 is 4.79 Å². The fourth-order valence-electron chi connectivity index (χ4n) is 2.92. The van der Waals surface area contributed by atoms with Crippen LogP contribution in [0.25, 0.3) is 0 Å². The Bertz CT molecular complexity index is 740. The zero-order chi connectivity index (χ0) is 16.6. The Morgan fingerprint density at radius 1 is 1.39 bits per heavy atom. The van der Waals surface area contributed by atoms with Crippen LogP contribution in [0, 0.1) is 0 Å². The zero-order valence-electron chi connectivity index (χ0n) is 13.5. The molecule has 2 amide bonds. The van der Waals surface area contributed by atoms with Crippen molar-refractivity contribution in [2.45, 2.75) is 32.7 Å². The number of hydrogen-bond donors (Lipinski definition) is 1. The molecule has 3 rings (SSSR count). The summed E-state index contributed by atoms with van der Waals surface area (Å²) >= 11 is 5.89. The molecule has 7 heteroatoms. The largest absolute Gasteiger partial charge is 0.334 e. The molecule has 0 aromatic carbocycles. The fourth-order valence-corrected chi connectivity index (χ4v) is 3.10. The molecule has 0 unspecified atom stereocenters. The third-order valence-corrected chi connectivity index (χ3v) is 4.26. The fraction of sp³-hybridized carbons (Fsp3) is 0.438. The molecule has 0 aliphatic carbocycles. The zero-order valence-corrected chi connectivity index (χ0v) is 14.3. The van der Waals surface area contributed by atoms with Crippen LogP contribution in [0.5, 0.6) is 0 Å². The molecule has 0 spiro atoms. The molecule has 0 atom stereocenters. The highest BCUT2D eigenvalue weighted by molar-refractivity contribution is 6.30. The summed E-state index contributed by atoms with van der Waals surface area (Å²) in [6.45, 7) is 5.45. The van der Waals surface area contributed by atoms with E-state index in [-0.39, 0.29) is 6.03 Å². The summed E-state index contributed by atoms with van der Waals surface area (Å²) in [6.07, 6.45) is 3.93. The molecule has 1 aliphatic rings. The molecule has 2 aromatic heterocycles. The van der Waals surface area contributed by atoms with Crippen LogP contribution in [0.3, 0.4) is 0 Å². The molecule has 122 valence electrons. The highest BCUT2D eigenvalue weighted by atomic mass is 35.5. The van der Waals surface area contributed by atoms with Gasteiger partial charge < -0.3 is 14.8 Å². The Morgan fingerprint density at radius 3 is 2.87 bits per heavy atom. The summed E-state index contributed by atoms with van der Waals surface area (Å²) in [7, 11) is 2.05. The van der Waals surface area contributed by atoms with Crippen LogP contribution < -0.4 is 5.32 Å². The maximum Gasteiger partial charge on any atom is 0.322 e. The number of carbonyl (C=O) groups excluding carboxylic acids is 1. The van der Waals surface area contributed by atoms with Gasteiger partial charge in [-0.3, -0.25) is 4.98 Å². The van der Waals surface area contributed by atoms with Gasteiger partial charge in [0.2, 0.25) is 0 Å². The number of fused-ring (bicyclic) bond motifs is 1. The maximum atomic E-state index is 12.4. The lowest BCUT2D eigenvalue weighted by Gasteiger charge is -2.27. The van der Waals surface area contributed by atoms with E-state index in [9.17, 15) is 4.79 Å². The van der Waals surface area contributed by atoms with Crippen LogP contribution in [0.4, 0.5) is 10.5 Å². The lowest BCUT2D eigenvalue weighted by molar-refractivity contribution is 0.205. The second-order valence-electron chi connectivity index (χ2n) is 6.07. The minimum Gasteiger partial charge on any atom is -0.334 e. The molecule has 1 N–H and O–H groups in total. The molecule has 1 aliphatic heterocycles. The number of imidazole rings is 1. The van der Waals surface area contributed by atoms with Gasteiger partial charge in [-0.1, -0.05) is 25.4 Å². The van der Waals surface area contributed by atoms with Crippen molar-refractivity contribution in [3.63, 3.8) is 0 Å². The third kappa shape index (κ3) is 3.17. The minimum atomic E-state index is -0.156. The first-order valence-electron chi connectivity index (χ1n) is 7.66. The van der Waals surface area contributed by atoms with Gasteiger partial charge in [-0.25, -0.2) is 9.78 Å². The molecule has 2 aromatic rings. The molecule has 0 radical (unpaired) electrons. The van der Waals surface area contributed by atoms with Gasteiger partial charge in [-0.05, 0) is 6.07 Å². The SMILES string of the molecule is CC(C)c1nc2c(n1C)CCN(C(=O)Nc1cncc(Cl)c1)C2. The highest BCUT2D eigenvalue weighted by Gasteiger charge is 2.26. The molecule has 0 fully saturated rings. The van der Waals surface area contributed by atoms with Crippen LogP contribution >= 0.6 is 11.6 Å². The Hall–Kier alpha value is -2.08. The van der Waals surface area contributed by atoms with Crippen molar-refractivity contribution in [2.75, 3.05) is 11.9 Å². The monoisotopic (exact) mass is 333 g/mol. The first kappa shape index (κ1) is 15.8. The normalized spacial score (nSPS) is 14.0. The average molecular weight is 334 g/mol. The van der Waals surface area contributed by atoms with E-state index in [0.29, 0.717) is 29.7 Å². The Balaban J connectivity index is 1.74. The lowest BCUT2D eigenvalue weighted by atomic mass is 10.1. The summed E-state index contributed by atoms with van der Waals surface area (Å²) in [4.78, 5) is 22.9. The van der Waals surface area contributed by atoms with E-state index < -0.39 is 0 Å². The van der Waals surface area contributed by atoms with Crippen LogP contribution in [0.1, 0.15) is 37.0 Å². The number of halogens is 1. The predicted octanol–water partition coefficient (Wildman–Crippen LogP) is 3.18. The summed E-state index contributed by atoms with van der Waals surface area (Å²) in [5.41, 5.74) is 2.81. The van der Waals surface area contributed by atoms with E-state index in [1.54, 1.807) is 17.2 Å². The van der Waals surface area contributed by atoms with Crippen LogP contribution in [-0.2, 0) is 20.0 Å². The van der Waals surface area contributed by atoms with Crippen LogP contribution in [0.2, 0.25) is 5.02 Å². The number of anilines is 1. The van der Waals surface area contributed by atoms with Crippen molar-refractivity contribution in [2.24, 2.45) is 7.05 Å². The molecule has 6 nitrogen and oxygen atoms in total. The Morgan fingerprint density at radius 2 is 2.17 bits per heavy atom. The number of amides is 2. The number of rotatable bonds is 2. The third-order valence-electron chi connectivity index (χ3n) is 4.05. The first-order chi connectivity index (χ1) is 11.0. The topological polar surface area (TPSA) is 63.1 Å². The van der Waals surface area contributed by atoms with Gasteiger partial charge in [0.1, 0.15) is 5.82 Å². The molecular weight excluding hydrogens is 314 g/mol. The van der Waals surface area contributed by atoms with Crippen LogP contribution in [0.15, 0.2) is 18.5 Å². The predicted molar refractivity (Wildman–Crippen MR) is 89.7 cm³/mol. The summed E-state index contributed by atoms with van der Waals surface area (Å²) in [5.74, 6) is 1.43. The number of nitrogens with zero attached hydrogens (tertiary/aromatic N) is 4. The van der Waals surface area contributed by atoms with Crippen LogP contribution in [-0.4, -0.2) is 32.0 Å². The standard InChI is InChI=1S/C16H20ClN5O/c1-10(2)15-20-13-9-22(5-4-14(13)21(15)3)16(23)19-12-6-11(17)7-18-8-12/h6-8,10H,4-5,9H2,1-3H3,(H,19,23). The Kier molecular flexibility index (Phi) is 4.26.